The van der Waals surface area contributed by atoms with Crippen LogP contribution in [-0.2, 0) is 16.1 Å². The smallest absolute Gasteiger partial charge is 0.307 e. The van der Waals surface area contributed by atoms with Gasteiger partial charge in [-0.05, 0) is 37.0 Å². The summed E-state index contributed by atoms with van der Waals surface area (Å²) in [5, 5.41) is 11.4. The summed E-state index contributed by atoms with van der Waals surface area (Å²) in [6, 6.07) is 3.37. The molecule has 5 heteroatoms. The molecule has 1 fully saturated rings. The second kappa shape index (κ2) is 4.99. The van der Waals surface area contributed by atoms with Crippen LogP contribution in [0.5, 0.6) is 0 Å². The zero-order valence-corrected chi connectivity index (χ0v) is 10.9. The van der Waals surface area contributed by atoms with Crippen molar-refractivity contribution in [1.82, 2.24) is 5.32 Å². The van der Waals surface area contributed by atoms with Gasteiger partial charge in [0.2, 0.25) is 5.91 Å². The highest BCUT2D eigenvalue weighted by Crippen LogP contribution is 2.38. The lowest BCUT2D eigenvalue weighted by Crippen LogP contribution is -2.26. The summed E-state index contributed by atoms with van der Waals surface area (Å²) in [6.07, 6.45) is 0.405. The number of carboxylic acids is 1. The number of carbonyl (C=O) groups excluding carboxylic acids is 1. The Kier molecular flexibility index (Phi) is 3.55. The van der Waals surface area contributed by atoms with E-state index in [2.05, 4.69) is 5.32 Å². The molecular formula is C14H16FNO3. The first kappa shape index (κ1) is 13.5. The zero-order valence-electron chi connectivity index (χ0n) is 10.9. The predicted octanol–water partition coefficient (Wildman–Crippen LogP) is 1.78. The van der Waals surface area contributed by atoms with Gasteiger partial charge in [0.1, 0.15) is 5.82 Å². The largest absolute Gasteiger partial charge is 0.481 e. The van der Waals surface area contributed by atoms with Crippen molar-refractivity contribution in [1.29, 1.82) is 0 Å². The van der Waals surface area contributed by atoms with Crippen molar-refractivity contribution < 1.29 is 19.1 Å². The molecule has 1 aliphatic carbocycles. The summed E-state index contributed by atoms with van der Waals surface area (Å²) in [5.74, 6) is -2.36. The highest BCUT2D eigenvalue weighted by Gasteiger charge is 2.48. The molecule has 1 amide bonds. The molecule has 2 rings (SSSR count). The van der Waals surface area contributed by atoms with E-state index in [1.807, 2.05) is 0 Å². The lowest BCUT2D eigenvalue weighted by Gasteiger charge is -2.08. The van der Waals surface area contributed by atoms with Crippen LogP contribution in [0.1, 0.15) is 23.1 Å². The molecule has 102 valence electrons. The van der Waals surface area contributed by atoms with E-state index in [1.54, 1.807) is 26.0 Å². The van der Waals surface area contributed by atoms with Gasteiger partial charge in [0.05, 0.1) is 11.8 Å². The Labute approximate surface area is 110 Å². The van der Waals surface area contributed by atoms with Crippen molar-refractivity contribution >= 4 is 11.9 Å². The molecule has 0 bridgehead atoms. The average Bonchev–Trinajstić information content (AvgIpc) is 3.13. The molecule has 1 saturated carbocycles. The number of halogens is 1. The van der Waals surface area contributed by atoms with Crippen LogP contribution in [0.4, 0.5) is 4.39 Å². The monoisotopic (exact) mass is 265 g/mol. The number of rotatable bonds is 4. The minimum atomic E-state index is -0.923. The molecule has 2 N–H and O–H groups in total. The van der Waals surface area contributed by atoms with E-state index in [4.69, 9.17) is 5.11 Å². The summed E-state index contributed by atoms with van der Waals surface area (Å²) >= 11 is 0. The number of hydrogen-bond acceptors (Lipinski definition) is 2. The molecule has 0 aliphatic heterocycles. The minimum Gasteiger partial charge on any atom is -0.481 e. The van der Waals surface area contributed by atoms with Crippen LogP contribution in [0.2, 0.25) is 0 Å². The van der Waals surface area contributed by atoms with Gasteiger partial charge in [0.25, 0.3) is 0 Å². The fraction of sp³-hybridized carbons (Fsp3) is 0.429. The third-order valence-electron chi connectivity index (χ3n) is 3.41. The number of carboxylic acid groups (broad SMARTS) is 1. The molecule has 0 heterocycles. The van der Waals surface area contributed by atoms with E-state index >= 15 is 0 Å². The van der Waals surface area contributed by atoms with Crippen LogP contribution in [0.3, 0.4) is 0 Å². The van der Waals surface area contributed by atoms with E-state index < -0.39 is 17.8 Å². The summed E-state index contributed by atoms with van der Waals surface area (Å²) in [7, 11) is 0. The number of amides is 1. The van der Waals surface area contributed by atoms with E-state index in [9.17, 15) is 14.0 Å². The molecule has 0 radical (unpaired) electrons. The van der Waals surface area contributed by atoms with Gasteiger partial charge in [-0.3, -0.25) is 9.59 Å². The number of aliphatic carboxylic acids is 1. The molecule has 0 spiro atoms. The van der Waals surface area contributed by atoms with Gasteiger partial charge in [-0.15, -0.1) is 0 Å². The topological polar surface area (TPSA) is 66.4 Å². The van der Waals surface area contributed by atoms with Gasteiger partial charge in [0.15, 0.2) is 0 Å². The highest BCUT2D eigenvalue weighted by molar-refractivity contribution is 5.89. The Morgan fingerprint density at radius 3 is 2.37 bits per heavy atom. The third-order valence-corrected chi connectivity index (χ3v) is 3.41. The molecule has 1 aromatic carbocycles. The SMILES string of the molecule is Cc1cc(CNC(=O)[C@@H]2C[C@@H]2C(=O)O)cc(C)c1F. The Balaban J connectivity index is 1.93. The maximum atomic E-state index is 13.4. The van der Waals surface area contributed by atoms with Crippen LogP contribution in [0.15, 0.2) is 12.1 Å². The van der Waals surface area contributed by atoms with Gasteiger partial charge in [-0.1, -0.05) is 12.1 Å². The van der Waals surface area contributed by atoms with Crippen molar-refractivity contribution in [3.63, 3.8) is 0 Å². The number of carbonyl (C=O) groups is 2. The van der Waals surface area contributed by atoms with Crippen LogP contribution >= 0.6 is 0 Å². The number of aryl methyl sites for hydroxylation is 2. The summed E-state index contributed by atoms with van der Waals surface area (Å²) in [4.78, 5) is 22.3. The first-order chi connectivity index (χ1) is 8.90. The molecule has 0 unspecified atom stereocenters. The maximum absolute atomic E-state index is 13.4. The normalized spacial score (nSPS) is 21.0. The quantitative estimate of drug-likeness (QED) is 0.872. The molecule has 4 nitrogen and oxygen atoms in total. The summed E-state index contributed by atoms with van der Waals surface area (Å²) < 4.78 is 13.4. The minimum absolute atomic E-state index is 0.233. The molecule has 19 heavy (non-hydrogen) atoms. The lowest BCUT2D eigenvalue weighted by atomic mass is 10.1. The summed E-state index contributed by atoms with van der Waals surface area (Å²) in [6.45, 7) is 3.65. The van der Waals surface area contributed by atoms with Gasteiger partial charge in [0, 0.05) is 6.54 Å². The standard InChI is InChI=1S/C14H16FNO3/c1-7-3-9(4-8(2)12(7)15)6-16-13(17)10-5-11(10)14(18)19/h3-4,10-11H,5-6H2,1-2H3,(H,16,17)(H,18,19)/t10-,11+/m1/s1. The van der Waals surface area contributed by atoms with Crippen molar-refractivity contribution in [2.24, 2.45) is 11.8 Å². The zero-order chi connectivity index (χ0) is 14.2. The Morgan fingerprint density at radius 1 is 1.32 bits per heavy atom. The number of benzene rings is 1. The number of nitrogens with one attached hydrogen (secondary N) is 1. The van der Waals surface area contributed by atoms with Crippen LogP contribution in [-0.4, -0.2) is 17.0 Å². The highest BCUT2D eigenvalue weighted by atomic mass is 19.1. The Bertz CT molecular complexity index is 518. The van der Waals surface area contributed by atoms with Crippen molar-refractivity contribution in [3.8, 4) is 0 Å². The fourth-order valence-corrected chi connectivity index (χ4v) is 2.22. The number of hydrogen-bond donors (Lipinski definition) is 2. The average molecular weight is 265 g/mol. The molecule has 2 atom stereocenters. The van der Waals surface area contributed by atoms with Crippen molar-refractivity contribution in [2.45, 2.75) is 26.8 Å². The van der Waals surface area contributed by atoms with Gasteiger partial charge in [-0.2, -0.15) is 0 Å². The molecule has 0 saturated heterocycles. The van der Waals surface area contributed by atoms with Crippen molar-refractivity contribution in [2.75, 3.05) is 0 Å². The molecule has 0 aromatic heterocycles. The molecular weight excluding hydrogens is 249 g/mol. The molecule has 1 aromatic rings. The van der Waals surface area contributed by atoms with E-state index in [0.29, 0.717) is 24.1 Å². The van der Waals surface area contributed by atoms with Gasteiger partial charge < -0.3 is 10.4 Å². The van der Waals surface area contributed by atoms with Crippen LogP contribution in [0.25, 0.3) is 0 Å². The van der Waals surface area contributed by atoms with Crippen LogP contribution in [0, 0.1) is 31.5 Å². The third kappa shape index (κ3) is 2.92. The fourth-order valence-electron chi connectivity index (χ4n) is 2.22. The van der Waals surface area contributed by atoms with Crippen LogP contribution < -0.4 is 5.32 Å². The molecule has 1 aliphatic rings. The summed E-state index contributed by atoms with van der Waals surface area (Å²) in [5.41, 5.74) is 1.90. The Morgan fingerprint density at radius 2 is 1.89 bits per heavy atom. The second-order valence-electron chi connectivity index (χ2n) is 5.05. The van der Waals surface area contributed by atoms with Gasteiger partial charge in [-0.25, -0.2) is 4.39 Å². The first-order valence-corrected chi connectivity index (χ1v) is 6.16. The van der Waals surface area contributed by atoms with E-state index in [1.165, 1.54) is 0 Å². The lowest BCUT2D eigenvalue weighted by molar-refractivity contribution is -0.140. The van der Waals surface area contributed by atoms with E-state index in [0.717, 1.165) is 5.56 Å². The van der Waals surface area contributed by atoms with Crippen molar-refractivity contribution in [3.05, 3.63) is 34.6 Å². The predicted molar refractivity (Wildman–Crippen MR) is 67.0 cm³/mol. The first-order valence-electron chi connectivity index (χ1n) is 6.16. The van der Waals surface area contributed by atoms with E-state index in [-0.39, 0.29) is 11.7 Å². The van der Waals surface area contributed by atoms with Gasteiger partial charge >= 0.3 is 5.97 Å². The second-order valence-corrected chi connectivity index (χ2v) is 5.05. The Hall–Kier alpha value is -1.91. The maximum Gasteiger partial charge on any atom is 0.307 e.